The Labute approximate surface area is 110 Å². The number of nitrogens with one attached hydrogen (secondary N) is 1. The number of nitrogens with zero attached hydrogens (tertiary/aromatic N) is 2. The second-order valence-corrected chi connectivity index (χ2v) is 5.10. The number of rotatable bonds is 2. The Balaban J connectivity index is 1.88. The van der Waals surface area contributed by atoms with Crippen LogP contribution < -0.4 is 4.90 Å². The van der Waals surface area contributed by atoms with Gasteiger partial charge in [-0.25, -0.2) is 0 Å². The van der Waals surface area contributed by atoms with Crippen LogP contribution in [-0.4, -0.2) is 27.9 Å². The van der Waals surface area contributed by atoms with Gasteiger partial charge in [-0.1, -0.05) is 30.3 Å². The molecule has 0 aliphatic carbocycles. The summed E-state index contributed by atoms with van der Waals surface area (Å²) in [6, 6.07) is 11.8. The smallest absolute Gasteiger partial charge is 0.229 e. The van der Waals surface area contributed by atoms with E-state index in [1.165, 1.54) is 0 Å². The van der Waals surface area contributed by atoms with Gasteiger partial charge in [-0.3, -0.25) is 14.8 Å². The first-order valence-electron chi connectivity index (χ1n) is 5.83. The van der Waals surface area contributed by atoms with Crippen molar-refractivity contribution in [3.05, 3.63) is 36.4 Å². The van der Waals surface area contributed by atoms with Crippen LogP contribution in [0.15, 0.2) is 36.4 Å². The molecule has 1 saturated heterocycles. The number of carbonyl (C=O) groups is 1. The van der Waals surface area contributed by atoms with Crippen molar-refractivity contribution in [1.82, 2.24) is 10.2 Å². The fourth-order valence-electron chi connectivity index (χ4n) is 2.13. The highest BCUT2D eigenvalue weighted by Crippen LogP contribution is 2.26. The van der Waals surface area contributed by atoms with Gasteiger partial charge in [0, 0.05) is 24.3 Å². The zero-order valence-corrected chi connectivity index (χ0v) is 10.6. The van der Waals surface area contributed by atoms with Gasteiger partial charge in [0.05, 0.1) is 5.69 Å². The minimum absolute atomic E-state index is 0.0844. The van der Waals surface area contributed by atoms with E-state index in [4.69, 9.17) is 0 Å². The quantitative estimate of drug-likeness (QED) is 0.812. The normalized spacial score (nSPS) is 19.5. The van der Waals surface area contributed by atoms with Gasteiger partial charge in [-0.05, 0) is 5.56 Å². The maximum absolute atomic E-state index is 11.8. The van der Waals surface area contributed by atoms with Crippen molar-refractivity contribution in [3.8, 4) is 11.3 Å². The van der Waals surface area contributed by atoms with Crippen LogP contribution in [0.5, 0.6) is 0 Å². The zero-order chi connectivity index (χ0) is 12.5. The van der Waals surface area contributed by atoms with Gasteiger partial charge in [0.1, 0.15) is 0 Å². The van der Waals surface area contributed by atoms with Gasteiger partial charge in [-0.2, -0.15) is 17.7 Å². The van der Waals surface area contributed by atoms with Crippen molar-refractivity contribution >= 4 is 24.4 Å². The average Bonchev–Trinajstić information content (AvgIpc) is 2.97. The molecule has 1 unspecified atom stereocenters. The standard InChI is InChI=1S/C13H13N3OS/c17-13-6-10(18)8-16(13)12-7-11(14-15-12)9-4-2-1-3-5-9/h1-5,7,10,18H,6,8H2,(H,14,15). The van der Waals surface area contributed by atoms with Crippen molar-refractivity contribution in [2.24, 2.45) is 0 Å². The van der Waals surface area contributed by atoms with Crippen molar-refractivity contribution in [1.29, 1.82) is 0 Å². The van der Waals surface area contributed by atoms with Crippen molar-refractivity contribution in [3.63, 3.8) is 0 Å². The van der Waals surface area contributed by atoms with Crippen LogP contribution in [0.3, 0.4) is 0 Å². The number of amides is 1. The predicted molar refractivity (Wildman–Crippen MR) is 73.8 cm³/mol. The SMILES string of the molecule is O=C1CC(S)CN1c1cc(-c2ccccc2)[nH]n1. The lowest BCUT2D eigenvalue weighted by atomic mass is 10.1. The lowest BCUT2D eigenvalue weighted by molar-refractivity contribution is -0.117. The minimum atomic E-state index is 0.0844. The third-order valence-electron chi connectivity index (χ3n) is 3.03. The molecule has 1 atom stereocenters. The van der Waals surface area contributed by atoms with Gasteiger partial charge < -0.3 is 0 Å². The highest BCUT2D eigenvalue weighted by molar-refractivity contribution is 7.81. The molecular formula is C13H13N3OS. The Kier molecular flexibility index (Phi) is 2.83. The lowest BCUT2D eigenvalue weighted by Gasteiger charge is -2.11. The molecule has 2 heterocycles. The fourth-order valence-corrected chi connectivity index (χ4v) is 2.44. The molecule has 0 radical (unpaired) electrons. The largest absolute Gasteiger partial charge is 0.294 e. The molecule has 5 heteroatoms. The summed E-state index contributed by atoms with van der Waals surface area (Å²) in [6.45, 7) is 0.626. The van der Waals surface area contributed by atoms with E-state index >= 15 is 0 Å². The Morgan fingerprint density at radius 2 is 2.11 bits per heavy atom. The number of aromatic nitrogens is 2. The van der Waals surface area contributed by atoms with Crippen molar-refractivity contribution < 1.29 is 4.79 Å². The van der Waals surface area contributed by atoms with E-state index in [9.17, 15) is 4.79 Å². The van der Waals surface area contributed by atoms with Crippen LogP contribution >= 0.6 is 12.6 Å². The van der Waals surface area contributed by atoms with E-state index in [2.05, 4.69) is 22.8 Å². The summed E-state index contributed by atoms with van der Waals surface area (Å²) in [5.74, 6) is 0.761. The van der Waals surface area contributed by atoms with Gasteiger partial charge in [0.25, 0.3) is 0 Å². The van der Waals surface area contributed by atoms with E-state index < -0.39 is 0 Å². The van der Waals surface area contributed by atoms with Gasteiger partial charge in [0.15, 0.2) is 5.82 Å². The van der Waals surface area contributed by atoms with Crippen molar-refractivity contribution in [2.45, 2.75) is 11.7 Å². The molecule has 1 aromatic heterocycles. The molecule has 1 amide bonds. The van der Waals surface area contributed by atoms with E-state index in [1.54, 1.807) is 4.90 Å². The number of anilines is 1. The summed E-state index contributed by atoms with van der Waals surface area (Å²) in [5.41, 5.74) is 1.98. The van der Waals surface area contributed by atoms with Gasteiger partial charge in [-0.15, -0.1) is 0 Å². The monoisotopic (exact) mass is 259 g/mol. The van der Waals surface area contributed by atoms with Gasteiger partial charge in [0.2, 0.25) is 5.91 Å². The summed E-state index contributed by atoms with van der Waals surface area (Å²) >= 11 is 4.34. The second kappa shape index (κ2) is 4.49. The Bertz CT molecular complexity index is 567. The van der Waals surface area contributed by atoms with Crippen LogP contribution in [0.4, 0.5) is 5.82 Å². The van der Waals surface area contributed by atoms with E-state index in [0.717, 1.165) is 11.3 Å². The molecular weight excluding hydrogens is 246 g/mol. The summed E-state index contributed by atoms with van der Waals surface area (Å²) in [7, 11) is 0. The molecule has 1 aliphatic rings. The summed E-state index contributed by atoms with van der Waals surface area (Å²) in [6.07, 6.45) is 0.483. The summed E-state index contributed by atoms with van der Waals surface area (Å²) in [5, 5.41) is 7.28. The number of hydrogen-bond acceptors (Lipinski definition) is 3. The third kappa shape index (κ3) is 2.01. The summed E-state index contributed by atoms with van der Waals surface area (Å²) < 4.78 is 0. The van der Waals surface area contributed by atoms with Crippen LogP contribution in [0.2, 0.25) is 0 Å². The molecule has 2 aromatic rings. The van der Waals surface area contributed by atoms with E-state index in [-0.39, 0.29) is 11.2 Å². The molecule has 4 nitrogen and oxygen atoms in total. The number of hydrogen-bond donors (Lipinski definition) is 2. The lowest BCUT2D eigenvalue weighted by Crippen LogP contribution is -2.24. The predicted octanol–water partition coefficient (Wildman–Crippen LogP) is 2.11. The number of thiol groups is 1. The first-order chi connectivity index (χ1) is 8.74. The molecule has 18 heavy (non-hydrogen) atoms. The van der Waals surface area contributed by atoms with E-state index in [1.807, 2.05) is 36.4 Å². The number of H-pyrrole nitrogens is 1. The first kappa shape index (κ1) is 11.3. The highest BCUT2D eigenvalue weighted by atomic mass is 32.1. The number of carbonyl (C=O) groups excluding carboxylic acids is 1. The second-order valence-electron chi connectivity index (χ2n) is 4.37. The third-order valence-corrected chi connectivity index (χ3v) is 3.38. The van der Waals surface area contributed by atoms with Crippen molar-refractivity contribution in [2.75, 3.05) is 11.4 Å². The Morgan fingerprint density at radius 3 is 2.78 bits per heavy atom. The number of aromatic amines is 1. The summed E-state index contributed by atoms with van der Waals surface area (Å²) in [4.78, 5) is 13.4. The van der Waals surface area contributed by atoms with Gasteiger partial charge >= 0.3 is 0 Å². The van der Waals surface area contributed by atoms with Crippen LogP contribution in [0.1, 0.15) is 6.42 Å². The zero-order valence-electron chi connectivity index (χ0n) is 9.71. The fraction of sp³-hybridized carbons (Fsp3) is 0.231. The minimum Gasteiger partial charge on any atom is -0.294 e. The highest BCUT2D eigenvalue weighted by Gasteiger charge is 2.29. The molecule has 0 bridgehead atoms. The molecule has 92 valence electrons. The van der Waals surface area contributed by atoms with Crippen LogP contribution in [0, 0.1) is 0 Å². The first-order valence-corrected chi connectivity index (χ1v) is 6.35. The van der Waals surface area contributed by atoms with E-state index in [0.29, 0.717) is 18.8 Å². The Hall–Kier alpha value is -1.75. The molecule has 3 rings (SSSR count). The Morgan fingerprint density at radius 1 is 1.33 bits per heavy atom. The number of benzene rings is 1. The van der Waals surface area contributed by atoms with Crippen LogP contribution in [0.25, 0.3) is 11.3 Å². The topological polar surface area (TPSA) is 49.0 Å². The average molecular weight is 259 g/mol. The molecule has 1 fully saturated rings. The maximum atomic E-state index is 11.8. The molecule has 0 saturated carbocycles. The maximum Gasteiger partial charge on any atom is 0.229 e. The molecule has 1 N–H and O–H groups in total. The van der Waals surface area contributed by atoms with Crippen LogP contribution in [-0.2, 0) is 4.79 Å². The molecule has 1 aromatic carbocycles. The molecule has 1 aliphatic heterocycles. The molecule has 0 spiro atoms.